The molecule has 16 rings (SSSR count). The van der Waals surface area contributed by atoms with E-state index in [-0.39, 0.29) is 22.3 Å². The van der Waals surface area contributed by atoms with Crippen molar-refractivity contribution >= 4 is 141 Å². The summed E-state index contributed by atoms with van der Waals surface area (Å²) in [6.07, 6.45) is 0. The Morgan fingerprint density at radius 2 is 0.649 bits per heavy atom. The molecule has 0 spiro atoms. The monoisotopic (exact) mass is 932 g/mol. The molecule has 0 radical (unpaired) electrons. The van der Waals surface area contributed by atoms with Gasteiger partial charge in [-0.15, -0.1) is 0 Å². The molecule has 74 heavy (non-hydrogen) atoms. The number of benzene rings is 12. The third kappa shape index (κ3) is 5.03. The Kier molecular flexibility index (Phi) is 7.80. The van der Waals surface area contributed by atoms with Crippen molar-refractivity contribution in [2.45, 2.75) is 0 Å². The normalized spacial score (nSPS) is 12.0. The van der Waals surface area contributed by atoms with Crippen LogP contribution in [0.5, 0.6) is 0 Å². The first-order valence-corrected chi connectivity index (χ1v) is 24.6. The Labute approximate surface area is 420 Å². The van der Waals surface area contributed by atoms with Crippen molar-refractivity contribution < 1.29 is 0 Å². The third-order valence-corrected chi connectivity index (χ3v) is 16.1. The molecule has 0 bridgehead atoms. The summed E-state index contributed by atoms with van der Waals surface area (Å²) in [6, 6.07) is 78.8. The Morgan fingerprint density at radius 3 is 1.27 bits per heavy atom. The first-order valence-electron chi connectivity index (χ1n) is 24.6. The van der Waals surface area contributed by atoms with E-state index in [4.69, 9.17) is 0 Å². The Bertz CT molecular complexity index is 5550. The van der Waals surface area contributed by atoms with Crippen LogP contribution in [0.15, 0.2) is 194 Å². The fraction of sp³-hybridized carbons (Fsp3) is 0. The van der Waals surface area contributed by atoms with Crippen LogP contribution in [0.1, 0.15) is 22.3 Å². The quantitative estimate of drug-likeness (QED) is 0.121. The van der Waals surface area contributed by atoms with Crippen molar-refractivity contribution in [1.29, 1.82) is 21.0 Å². The molecule has 0 amide bonds. The number of nitriles is 4. The number of pyridine rings is 2. The van der Waals surface area contributed by atoms with Crippen molar-refractivity contribution in [1.82, 2.24) is 8.80 Å². The lowest BCUT2D eigenvalue weighted by molar-refractivity contribution is 1.35. The van der Waals surface area contributed by atoms with Gasteiger partial charge in [0.15, 0.2) is 0 Å². The van der Waals surface area contributed by atoms with Crippen LogP contribution in [-0.4, -0.2) is 8.80 Å². The van der Waals surface area contributed by atoms with Gasteiger partial charge in [0.2, 0.25) is 0 Å². The average Bonchev–Trinajstić information content (AvgIpc) is 4.04. The molecular weight excluding hydrogens is 901 g/mol. The largest absolute Gasteiger partial charge is 0.309 e. The van der Waals surface area contributed by atoms with Crippen LogP contribution >= 0.6 is 0 Å². The van der Waals surface area contributed by atoms with Gasteiger partial charge in [0.25, 0.3) is 0 Å². The summed E-state index contributed by atoms with van der Waals surface area (Å²) in [7, 11) is 0. The smallest absolute Gasteiger partial charge is 0.102 e. The molecule has 0 N–H and O–H groups in total. The molecule has 0 saturated carbocycles. The SMILES string of the molecule is N#Cc1c(C#N)c(C#N)c2cc3c(cc2c1C#N)c1c2ccc(-c4ccc5c(c4)cc4c6c7ccccc7c7ccccc7c6c6cc7ccccc7cc6n54)cc2c2ccccc2c1c1cc2ccccc2n31. The molecule has 6 nitrogen and oxygen atoms in total. The zero-order valence-corrected chi connectivity index (χ0v) is 39.2. The number of hydrogen-bond donors (Lipinski definition) is 0. The molecular formula is C68H32N6. The Morgan fingerprint density at radius 1 is 0.230 bits per heavy atom. The molecule has 6 heteroatoms. The molecule has 4 heterocycles. The summed E-state index contributed by atoms with van der Waals surface area (Å²) < 4.78 is 4.72. The highest BCUT2D eigenvalue weighted by Gasteiger charge is 2.25. The summed E-state index contributed by atoms with van der Waals surface area (Å²) in [5.74, 6) is 0. The number of rotatable bonds is 1. The lowest BCUT2D eigenvalue weighted by Crippen LogP contribution is -2.00. The van der Waals surface area contributed by atoms with Crippen molar-refractivity contribution in [3.63, 3.8) is 0 Å². The van der Waals surface area contributed by atoms with E-state index >= 15 is 0 Å². The van der Waals surface area contributed by atoms with Crippen LogP contribution < -0.4 is 0 Å². The molecule has 16 aromatic rings. The predicted octanol–water partition coefficient (Wildman–Crippen LogP) is 17.2. The van der Waals surface area contributed by atoms with Crippen LogP contribution in [0.3, 0.4) is 0 Å². The minimum atomic E-state index is -0.0834. The number of nitrogens with zero attached hydrogens (tertiary/aromatic N) is 6. The average molecular weight is 933 g/mol. The molecule has 4 aromatic heterocycles. The van der Waals surface area contributed by atoms with E-state index in [1.54, 1.807) is 0 Å². The van der Waals surface area contributed by atoms with E-state index in [1.807, 2.05) is 24.3 Å². The topological polar surface area (TPSA) is 104 Å². The van der Waals surface area contributed by atoms with Crippen LogP contribution in [0.25, 0.3) is 152 Å². The van der Waals surface area contributed by atoms with E-state index in [9.17, 15) is 21.0 Å². The van der Waals surface area contributed by atoms with Crippen LogP contribution in [0.2, 0.25) is 0 Å². The van der Waals surface area contributed by atoms with E-state index in [0.29, 0.717) is 10.8 Å². The van der Waals surface area contributed by atoms with E-state index in [0.717, 1.165) is 81.7 Å². The van der Waals surface area contributed by atoms with Gasteiger partial charge in [-0.2, -0.15) is 21.0 Å². The Hall–Kier alpha value is -10.8. The molecule has 12 aromatic carbocycles. The molecule has 0 saturated heterocycles. The summed E-state index contributed by atoms with van der Waals surface area (Å²) in [6.45, 7) is 0. The molecule has 0 unspecified atom stereocenters. The van der Waals surface area contributed by atoms with Crippen LogP contribution in [-0.2, 0) is 0 Å². The van der Waals surface area contributed by atoms with Crippen molar-refractivity contribution in [3.05, 3.63) is 216 Å². The fourth-order valence-corrected chi connectivity index (χ4v) is 13.0. The van der Waals surface area contributed by atoms with Crippen LogP contribution in [0.4, 0.5) is 0 Å². The summed E-state index contributed by atoms with van der Waals surface area (Å²) >= 11 is 0. The molecule has 334 valence electrons. The van der Waals surface area contributed by atoms with Gasteiger partial charge in [-0.3, -0.25) is 0 Å². The van der Waals surface area contributed by atoms with E-state index in [2.05, 4.69) is 203 Å². The van der Waals surface area contributed by atoms with Crippen LogP contribution in [0, 0.1) is 45.3 Å². The molecule has 0 fully saturated rings. The third-order valence-electron chi connectivity index (χ3n) is 16.1. The van der Waals surface area contributed by atoms with Gasteiger partial charge in [0, 0.05) is 53.9 Å². The summed E-state index contributed by atoms with van der Waals surface area (Å²) in [4.78, 5) is 0. The van der Waals surface area contributed by atoms with Crippen molar-refractivity contribution in [2.24, 2.45) is 0 Å². The van der Waals surface area contributed by atoms with Gasteiger partial charge >= 0.3 is 0 Å². The maximum atomic E-state index is 10.7. The molecule has 0 aliphatic heterocycles. The second kappa shape index (κ2) is 14.4. The molecule has 0 atom stereocenters. The number of hydrogen-bond acceptors (Lipinski definition) is 4. The zero-order chi connectivity index (χ0) is 49.1. The van der Waals surface area contributed by atoms with Gasteiger partial charge in [-0.25, -0.2) is 0 Å². The standard InChI is InChI=1S/C68H32N6/c69-33-55-51-31-54-62(32-52(51)56(34-70)58(36-72)57(55)35-71)73-59-20-10-3-13-41(59)29-63(73)68-48-19-9-6-16-45(48)50-26-40(21-23-49(50)66(54)68)39-22-24-60-42(25-39)30-64-67-47-18-8-5-15-44(47)43-14-4-7-17-46(43)65(67)53-27-37-11-1-2-12-38(37)28-61(53)74(60)64/h1-32H. The highest BCUT2D eigenvalue weighted by atomic mass is 14.9. The first-order chi connectivity index (χ1) is 36.5. The number of aromatic nitrogens is 2. The van der Waals surface area contributed by atoms with Gasteiger partial charge in [0.05, 0.1) is 55.4 Å². The zero-order valence-electron chi connectivity index (χ0n) is 39.2. The predicted molar refractivity (Wildman–Crippen MR) is 303 cm³/mol. The number of fused-ring (bicyclic) bond motifs is 28. The lowest BCUT2D eigenvalue weighted by Gasteiger charge is -2.18. The highest BCUT2D eigenvalue weighted by Crippen LogP contribution is 2.48. The van der Waals surface area contributed by atoms with E-state index < -0.39 is 0 Å². The fourth-order valence-electron chi connectivity index (χ4n) is 13.0. The second-order valence-corrected chi connectivity index (χ2v) is 19.5. The molecule has 0 aliphatic carbocycles. The maximum absolute atomic E-state index is 10.7. The van der Waals surface area contributed by atoms with Crippen molar-refractivity contribution in [2.75, 3.05) is 0 Å². The van der Waals surface area contributed by atoms with Gasteiger partial charge in [-0.05, 0) is 126 Å². The highest BCUT2D eigenvalue weighted by molar-refractivity contribution is 6.38. The molecule has 0 aliphatic rings. The van der Waals surface area contributed by atoms with Gasteiger partial charge in [-0.1, -0.05) is 133 Å². The second-order valence-electron chi connectivity index (χ2n) is 19.5. The summed E-state index contributed by atoms with van der Waals surface area (Å²) in [5.41, 5.74) is 8.48. The minimum absolute atomic E-state index is 0.0826. The maximum Gasteiger partial charge on any atom is 0.102 e. The van der Waals surface area contributed by atoms with E-state index in [1.165, 1.54) is 59.5 Å². The Balaban J connectivity index is 1.02. The first kappa shape index (κ1) is 40.0. The van der Waals surface area contributed by atoms with Gasteiger partial charge in [0.1, 0.15) is 24.3 Å². The van der Waals surface area contributed by atoms with Crippen molar-refractivity contribution in [3.8, 4) is 35.4 Å². The van der Waals surface area contributed by atoms with Gasteiger partial charge < -0.3 is 8.80 Å². The summed E-state index contributed by atoms with van der Waals surface area (Å²) in [5, 5.41) is 63.4. The number of para-hydroxylation sites is 1. The minimum Gasteiger partial charge on any atom is -0.309 e. The lowest BCUT2D eigenvalue weighted by atomic mass is 9.87.